The Bertz CT molecular complexity index is 1280. The standard InChI is InChI=1S/C23H24N6O2/c1-16-18(17(2)29(27-16)21-9-5-6-12-24-21)10-13-25-22(30)11-14-28-15-26-20-8-4-3-7-19(20)23(28)31/h3-9,12,15H,10-11,13-14H2,1-2H3,(H,25,30). The highest BCUT2D eigenvalue weighted by Gasteiger charge is 2.13. The van der Waals surface area contributed by atoms with Crippen LogP contribution in [0.25, 0.3) is 16.7 Å². The van der Waals surface area contributed by atoms with Crippen molar-refractivity contribution in [3.63, 3.8) is 0 Å². The first-order chi connectivity index (χ1) is 15.0. The minimum absolute atomic E-state index is 0.104. The zero-order chi connectivity index (χ0) is 21.8. The smallest absolute Gasteiger partial charge is 0.261 e. The van der Waals surface area contributed by atoms with Gasteiger partial charge in [-0.2, -0.15) is 5.10 Å². The predicted molar refractivity (Wildman–Crippen MR) is 118 cm³/mol. The molecule has 0 radical (unpaired) electrons. The molecule has 0 bridgehead atoms. The van der Waals surface area contributed by atoms with Gasteiger partial charge >= 0.3 is 0 Å². The highest BCUT2D eigenvalue weighted by Crippen LogP contribution is 2.16. The fourth-order valence-electron chi connectivity index (χ4n) is 3.64. The maximum atomic E-state index is 12.5. The highest BCUT2D eigenvalue weighted by molar-refractivity contribution is 5.77. The molecule has 0 saturated carbocycles. The van der Waals surface area contributed by atoms with E-state index in [-0.39, 0.29) is 24.4 Å². The molecule has 3 aromatic heterocycles. The summed E-state index contributed by atoms with van der Waals surface area (Å²) in [6, 6.07) is 12.9. The van der Waals surface area contributed by atoms with Crippen molar-refractivity contribution in [1.82, 2.24) is 29.6 Å². The van der Waals surface area contributed by atoms with Crippen LogP contribution in [0, 0.1) is 13.8 Å². The van der Waals surface area contributed by atoms with Gasteiger partial charge in [0.15, 0.2) is 5.82 Å². The van der Waals surface area contributed by atoms with Crippen molar-refractivity contribution >= 4 is 16.8 Å². The summed E-state index contributed by atoms with van der Waals surface area (Å²) >= 11 is 0. The number of nitrogens with one attached hydrogen (secondary N) is 1. The van der Waals surface area contributed by atoms with Crippen LogP contribution in [0.5, 0.6) is 0 Å². The van der Waals surface area contributed by atoms with E-state index in [1.807, 2.05) is 48.9 Å². The number of para-hydroxylation sites is 1. The lowest BCUT2D eigenvalue weighted by atomic mass is 10.1. The third-order valence-electron chi connectivity index (χ3n) is 5.32. The van der Waals surface area contributed by atoms with Crippen LogP contribution in [0.4, 0.5) is 0 Å². The maximum absolute atomic E-state index is 12.5. The average Bonchev–Trinajstić information content (AvgIpc) is 3.08. The number of pyridine rings is 1. The third-order valence-corrected chi connectivity index (χ3v) is 5.32. The first-order valence-corrected chi connectivity index (χ1v) is 10.2. The van der Waals surface area contributed by atoms with E-state index in [9.17, 15) is 9.59 Å². The van der Waals surface area contributed by atoms with Crippen LogP contribution in [0.1, 0.15) is 23.4 Å². The quantitative estimate of drug-likeness (QED) is 0.499. The molecule has 0 saturated heterocycles. The summed E-state index contributed by atoms with van der Waals surface area (Å²) in [6.45, 7) is 4.76. The van der Waals surface area contributed by atoms with Crippen LogP contribution in [0.3, 0.4) is 0 Å². The van der Waals surface area contributed by atoms with Crippen molar-refractivity contribution in [3.05, 3.63) is 82.3 Å². The monoisotopic (exact) mass is 416 g/mol. The fourth-order valence-corrected chi connectivity index (χ4v) is 3.64. The molecule has 3 heterocycles. The zero-order valence-corrected chi connectivity index (χ0v) is 17.6. The van der Waals surface area contributed by atoms with Gasteiger partial charge < -0.3 is 5.32 Å². The van der Waals surface area contributed by atoms with Crippen molar-refractivity contribution < 1.29 is 4.79 Å². The van der Waals surface area contributed by atoms with Gasteiger partial charge in [-0.15, -0.1) is 0 Å². The fraction of sp³-hybridized carbons (Fsp3) is 0.261. The number of hydrogen-bond donors (Lipinski definition) is 1. The lowest BCUT2D eigenvalue weighted by Gasteiger charge is -2.08. The number of carbonyl (C=O) groups excluding carboxylic acids is 1. The molecule has 0 aliphatic rings. The van der Waals surface area contributed by atoms with E-state index in [0.29, 0.717) is 23.9 Å². The topological polar surface area (TPSA) is 94.7 Å². The molecule has 0 fully saturated rings. The SMILES string of the molecule is Cc1nn(-c2ccccn2)c(C)c1CCNC(=O)CCn1cnc2ccccc2c1=O. The normalized spacial score (nSPS) is 11.0. The first-order valence-electron chi connectivity index (χ1n) is 10.2. The predicted octanol–water partition coefficient (Wildman–Crippen LogP) is 2.34. The van der Waals surface area contributed by atoms with E-state index in [2.05, 4.69) is 20.4 Å². The summed E-state index contributed by atoms with van der Waals surface area (Å²) in [7, 11) is 0. The average molecular weight is 416 g/mol. The Morgan fingerprint density at radius 3 is 2.68 bits per heavy atom. The number of benzene rings is 1. The van der Waals surface area contributed by atoms with Gasteiger partial charge in [-0.3, -0.25) is 14.2 Å². The molecule has 0 aliphatic carbocycles. The Hall–Kier alpha value is -3.81. The number of carbonyl (C=O) groups is 1. The van der Waals surface area contributed by atoms with Crippen LogP contribution in [0.15, 0.2) is 59.8 Å². The molecule has 0 atom stereocenters. The maximum Gasteiger partial charge on any atom is 0.261 e. The summed E-state index contributed by atoms with van der Waals surface area (Å²) in [5, 5.41) is 8.08. The number of fused-ring (bicyclic) bond motifs is 1. The Kier molecular flexibility index (Phi) is 5.88. The molecule has 31 heavy (non-hydrogen) atoms. The van der Waals surface area contributed by atoms with Crippen LogP contribution in [-0.2, 0) is 17.8 Å². The van der Waals surface area contributed by atoms with Crippen LogP contribution < -0.4 is 10.9 Å². The van der Waals surface area contributed by atoms with Gasteiger partial charge in [0.2, 0.25) is 5.91 Å². The molecule has 0 unspecified atom stereocenters. The molecule has 158 valence electrons. The lowest BCUT2D eigenvalue weighted by molar-refractivity contribution is -0.121. The molecule has 0 spiro atoms. The molecule has 1 aromatic carbocycles. The first kappa shape index (κ1) is 20.5. The number of nitrogens with zero attached hydrogens (tertiary/aromatic N) is 5. The minimum atomic E-state index is -0.133. The molecule has 0 aliphatic heterocycles. The van der Waals surface area contributed by atoms with Crippen molar-refractivity contribution in [2.75, 3.05) is 6.54 Å². The van der Waals surface area contributed by atoms with E-state index in [1.165, 1.54) is 10.9 Å². The third kappa shape index (κ3) is 4.37. The summed E-state index contributed by atoms with van der Waals surface area (Å²) in [4.78, 5) is 33.4. The summed E-state index contributed by atoms with van der Waals surface area (Å²) in [5.74, 6) is 0.667. The zero-order valence-electron chi connectivity index (χ0n) is 17.6. The van der Waals surface area contributed by atoms with E-state index < -0.39 is 0 Å². The van der Waals surface area contributed by atoms with Crippen LogP contribution in [-0.4, -0.2) is 36.8 Å². The Balaban J connectivity index is 1.34. The second kappa shape index (κ2) is 8.91. The van der Waals surface area contributed by atoms with Crippen LogP contribution >= 0.6 is 0 Å². The molecule has 1 N–H and O–H groups in total. The lowest BCUT2D eigenvalue weighted by Crippen LogP contribution is -2.29. The molecule has 4 rings (SSSR count). The molecular weight excluding hydrogens is 392 g/mol. The summed E-state index contributed by atoms with van der Waals surface area (Å²) in [6.07, 6.45) is 4.12. The number of hydrogen-bond acceptors (Lipinski definition) is 5. The number of aromatic nitrogens is 5. The number of rotatable bonds is 7. The van der Waals surface area contributed by atoms with Crippen molar-refractivity contribution in [1.29, 1.82) is 0 Å². The van der Waals surface area contributed by atoms with Gasteiger partial charge in [-0.1, -0.05) is 18.2 Å². The van der Waals surface area contributed by atoms with Gasteiger partial charge in [-0.25, -0.2) is 14.6 Å². The van der Waals surface area contributed by atoms with E-state index in [4.69, 9.17) is 0 Å². The van der Waals surface area contributed by atoms with E-state index in [1.54, 1.807) is 18.3 Å². The minimum Gasteiger partial charge on any atom is -0.356 e. The van der Waals surface area contributed by atoms with Gasteiger partial charge in [0, 0.05) is 31.4 Å². The van der Waals surface area contributed by atoms with E-state index in [0.717, 1.165) is 22.8 Å². The molecule has 4 aromatic rings. The Labute approximate surface area is 179 Å². The highest BCUT2D eigenvalue weighted by atomic mass is 16.1. The van der Waals surface area contributed by atoms with Crippen molar-refractivity contribution in [2.45, 2.75) is 33.2 Å². The summed E-state index contributed by atoms with van der Waals surface area (Å²) in [5.41, 5.74) is 3.56. The Morgan fingerprint density at radius 1 is 1.06 bits per heavy atom. The van der Waals surface area contributed by atoms with Crippen molar-refractivity contribution in [2.24, 2.45) is 0 Å². The molecule has 1 amide bonds. The molecule has 8 nitrogen and oxygen atoms in total. The number of amides is 1. The van der Waals surface area contributed by atoms with Crippen molar-refractivity contribution in [3.8, 4) is 5.82 Å². The van der Waals surface area contributed by atoms with Gasteiger partial charge in [0.05, 0.1) is 22.9 Å². The van der Waals surface area contributed by atoms with Gasteiger partial charge in [-0.05, 0) is 50.1 Å². The van der Waals surface area contributed by atoms with Crippen LogP contribution in [0.2, 0.25) is 0 Å². The number of aryl methyl sites for hydroxylation is 2. The van der Waals surface area contributed by atoms with Gasteiger partial charge in [0.25, 0.3) is 5.56 Å². The molecule has 8 heteroatoms. The second-order valence-electron chi connectivity index (χ2n) is 7.36. The molecular formula is C23H24N6O2. The van der Waals surface area contributed by atoms with Gasteiger partial charge in [0.1, 0.15) is 0 Å². The van der Waals surface area contributed by atoms with E-state index >= 15 is 0 Å². The summed E-state index contributed by atoms with van der Waals surface area (Å²) < 4.78 is 3.30. The largest absolute Gasteiger partial charge is 0.356 e. The second-order valence-corrected chi connectivity index (χ2v) is 7.36. The Morgan fingerprint density at radius 2 is 1.87 bits per heavy atom.